The van der Waals surface area contributed by atoms with Gasteiger partial charge in [0, 0.05) is 0 Å². The summed E-state index contributed by atoms with van der Waals surface area (Å²) in [6, 6.07) is 18.6. The molecule has 4 atom stereocenters. The summed E-state index contributed by atoms with van der Waals surface area (Å²) in [5.41, 5.74) is 1.32. The van der Waals surface area contributed by atoms with Crippen LogP contribution >= 0.6 is 46.4 Å². The predicted molar refractivity (Wildman–Crippen MR) is 138 cm³/mol. The minimum Gasteiger partial charge on any atom is -0.733 e. The Hall–Kier alpha value is -2.76. The second-order valence-corrected chi connectivity index (χ2v) is 9.47. The van der Waals surface area contributed by atoms with E-state index in [1.165, 1.54) is 36.4 Å². The zero-order valence-electron chi connectivity index (χ0n) is 18.1. The summed E-state index contributed by atoms with van der Waals surface area (Å²) in [7, 11) is 0. The molecule has 2 N–H and O–H groups in total. The van der Waals surface area contributed by atoms with E-state index in [9.17, 15) is 20.8 Å². The third-order valence-electron chi connectivity index (χ3n) is 5.39. The van der Waals surface area contributed by atoms with Crippen molar-refractivity contribution in [3.05, 3.63) is 104 Å². The van der Waals surface area contributed by atoms with Gasteiger partial charge in [0.2, 0.25) is 0 Å². The summed E-state index contributed by atoms with van der Waals surface area (Å²) in [5, 5.41) is 55.8. The predicted octanol–water partition coefficient (Wildman–Crippen LogP) is 7.34. The van der Waals surface area contributed by atoms with Gasteiger partial charge in [-0.25, -0.2) is 0 Å². The minimum absolute atomic E-state index is 0.153. The lowest BCUT2D eigenvalue weighted by molar-refractivity contribution is 0.295. The average Bonchev–Trinajstić information content (AvgIpc) is 2.90. The zero-order valence-corrected chi connectivity index (χ0v) is 21.1. The molecule has 0 radical (unpaired) electrons. The Morgan fingerprint density at radius 1 is 0.639 bits per heavy atom. The lowest BCUT2D eigenvalue weighted by atomic mass is 9.96. The first-order valence-corrected chi connectivity index (χ1v) is 11.9. The first-order chi connectivity index (χ1) is 17.1. The summed E-state index contributed by atoms with van der Waals surface area (Å²) >= 11 is 26.4. The van der Waals surface area contributed by atoms with E-state index in [2.05, 4.69) is 0 Å². The number of benzene rings is 3. The van der Waals surface area contributed by atoms with E-state index in [1.807, 2.05) is 12.1 Å². The van der Waals surface area contributed by atoms with Gasteiger partial charge < -0.3 is 20.9 Å². The van der Waals surface area contributed by atoms with E-state index in [0.717, 1.165) is 0 Å². The highest BCUT2D eigenvalue weighted by atomic mass is 35.5. The average molecular weight is 566 g/mol. The molecule has 0 aliphatic rings. The lowest BCUT2D eigenvalue weighted by Crippen LogP contribution is -2.13. The van der Waals surface area contributed by atoms with E-state index in [4.69, 9.17) is 56.9 Å². The van der Waals surface area contributed by atoms with Crippen molar-refractivity contribution in [3.63, 3.8) is 0 Å². The molecule has 0 unspecified atom stereocenters. The molecule has 0 amide bonds. The summed E-state index contributed by atoms with van der Waals surface area (Å²) in [6.07, 6.45) is 0. The van der Waals surface area contributed by atoms with Crippen LogP contribution in [0.2, 0.25) is 0 Å². The highest BCUT2D eigenvalue weighted by molar-refractivity contribution is 6.31. The topological polar surface area (TPSA) is 141 Å². The lowest BCUT2D eigenvalue weighted by Gasteiger charge is -2.29. The first kappa shape index (κ1) is 27.8. The third kappa shape index (κ3) is 5.96. The van der Waals surface area contributed by atoms with Gasteiger partial charge in [-0.2, -0.15) is 10.5 Å². The van der Waals surface area contributed by atoms with Crippen molar-refractivity contribution in [2.75, 3.05) is 10.5 Å². The van der Waals surface area contributed by atoms with Gasteiger partial charge in [-0.3, -0.25) is 10.4 Å². The number of alkyl halides is 4. The van der Waals surface area contributed by atoms with Crippen molar-refractivity contribution < 1.29 is 10.4 Å². The largest absolute Gasteiger partial charge is 0.733 e. The van der Waals surface area contributed by atoms with Gasteiger partial charge in [0.05, 0.1) is 56.1 Å². The number of anilines is 2. The fraction of sp³-hybridized carbons (Fsp3) is 0.167. The molecule has 0 saturated carbocycles. The van der Waals surface area contributed by atoms with E-state index in [1.54, 1.807) is 24.3 Å². The molecule has 0 aliphatic heterocycles. The van der Waals surface area contributed by atoms with Gasteiger partial charge in [-0.05, 0) is 46.5 Å². The van der Waals surface area contributed by atoms with E-state index in [0.29, 0.717) is 11.1 Å². The highest BCUT2D eigenvalue weighted by Crippen LogP contribution is 2.46. The van der Waals surface area contributed by atoms with Crippen LogP contribution in [0.1, 0.15) is 54.9 Å². The summed E-state index contributed by atoms with van der Waals surface area (Å²) in [4.78, 5) is 0. The maximum absolute atomic E-state index is 11.6. The molecule has 0 fully saturated rings. The zero-order chi connectivity index (χ0) is 26.6. The normalized spacial score (nSPS) is 14.2. The van der Waals surface area contributed by atoms with Crippen molar-refractivity contribution in [1.29, 1.82) is 10.5 Å². The van der Waals surface area contributed by atoms with Crippen LogP contribution in [0.5, 0.6) is 0 Å². The number of hydrogen-bond donors (Lipinski definition) is 2. The van der Waals surface area contributed by atoms with Gasteiger partial charge in [0.1, 0.15) is 0 Å². The maximum Gasteiger partial charge on any atom is 0.0992 e. The van der Waals surface area contributed by atoms with E-state index >= 15 is 0 Å². The SMILES string of the molecule is N#Cc1ccc([C@@H](Cl)[C@@H](Cl)c2cccc([C@H](Cl)[C@@H](Cl)c3ccc(C#N)cc3N([O-])O)c2)c(N([O-])O)c1. The number of halogens is 4. The Morgan fingerprint density at radius 2 is 1.03 bits per heavy atom. The molecule has 0 aromatic heterocycles. The second-order valence-electron chi connectivity index (χ2n) is 7.59. The molecule has 0 saturated heterocycles. The molecule has 186 valence electrons. The fourth-order valence-corrected chi connectivity index (χ4v) is 4.78. The smallest absolute Gasteiger partial charge is 0.0992 e. The van der Waals surface area contributed by atoms with Gasteiger partial charge in [0.15, 0.2) is 0 Å². The first-order valence-electron chi connectivity index (χ1n) is 10.2. The molecule has 8 nitrogen and oxygen atoms in total. The molecule has 0 heterocycles. The van der Waals surface area contributed by atoms with Crippen LogP contribution in [0.4, 0.5) is 11.4 Å². The number of hydrogen-bond acceptors (Lipinski definition) is 8. The van der Waals surface area contributed by atoms with Crippen LogP contribution in [0.15, 0.2) is 60.7 Å². The van der Waals surface area contributed by atoms with E-state index < -0.39 is 21.5 Å². The molecule has 0 spiro atoms. The third-order valence-corrected chi connectivity index (χ3v) is 7.63. The molecular formula is C24H16Cl4N4O4-2. The van der Waals surface area contributed by atoms with Crippen LogP contribution in [0.25, 0.3) is 0 Å². The Labute approximate surface area is 226 Å². The van der Waals surface area contributed by atoms with Crippen molar-refractivity contribution in [2.24, 2.45) is 0 Å². The molecule has 0 aliphatic carbocycles. The number of nitrogens with zero attached hydrogens (tertiary/aromatic N) is 4. The van der Waals surface area contributed by atoms with Crippen LogP contribution in [-0.4, -0.2) is 10.4 Å². The van der Waals surface area contributed by atoms with Crippen molar-refractivity contribution in [1.82, 2.24) is 0 Å². The van der Waals surface area contributed by atoms with Gasteiger partial charge >= 0.3 is 0 Å². The summed E-state index contributed by atoms with van der Waals surface area (Å²) in [5.74, 6) is 0. The molecular weight excluding hydrogens is 550 g/mol. The standard InChI is InChI=1S/C24H16Cl4N4O4/c25-21(23(27)17-6-4-13(11-29)8-19(17)31(33)34)15-2-1-3-16(10-15)22(26)24(28)18-7-5-14(12-30)9-20(18)32(35)36/h1-10,21-24,33,35H/q-2/t21-,22-,23-,24+/m0/s1. The Bertz CT molecular complexity index is 1230. The second kappa shape index (κ2) is 12.0. The van der Waals surface area contributed by atoms with Crippen LogP contribution in [0, 0.1) is 33.1 Å². The summed E-state index contributed by atoms with van der Waals surface area (Å²) < 4.78 is 0. The fourth-order valence-electron chi connectivity index (χ4n) is 3.58. The van der Waals surface area contributed by atoms with Crippen LogP contribution < -0.4 is 10.5 Å². The maximum atomic E-state index is 11.6. The van der Waals surface area contributed by atoms with Crippen LogP contribution in [-0.2, 0) is 0 Å². The van der Waals surface area contributed by atoms with Crippen molar-refractivity contribution >= 4 is 57.8 Å². The van der Waals surface area contributed by atoms with Gasteiger partial charge in [0.25, 0.3) is 0 Å². The molecule has 3 rings (SSSR count). The molecule has 3 aromatic rings. The Morgan fingerprint density at radius 3 is 1.36 bits per heavy atom. The van der Waals surface area contributed by atoms with Crippen LogP contribution in [0.3, 0.4) is 0 Å². The Balaban J connectivity index is 1.92. The van der Waals surface area contributed by atoms with Crippen molar-refractivity contribution in [2.45, 2.75) is 21.5 Å². The quantitative estimate of drug-likeness (QED) is 0.213. The molecule has 0 bridgehead atoms. The Kier molecular flexibility index (Phi) is 9.26. The van der Waals surface area contributed by atoms with Gasteiger partial charge in [-0.1, -0.05) is 36.4 Å². The number of nitriles is 2. The minimum atomic E-state index is -0.984. The van der Waals surface area contributed by atoms with E-state index in [-0.39, 0.29) is 44.1 Å². The monoisotopic (exact) mass is 564 g/mol. The molecule has 3 aromatic carbocycles. The van der Waals surface area contributed by atoms with Gasteiger partial charge in [-0.15, -0.1) is 46.4 Å². The highest BCUT2D eigenvalue weighted by Gasteiger charge is 2.27. The molecule has 12 heteroatoms. The molecule has 36 heavy (non-hydrogen) atoms. The summed E-state index contributed by atoms with van der Waals surface area (Å²) in [6.45, 7) is 0. The van der Waals surface area contributed by atoms with Crippen molar-refractivity contribution in [3.8, 4) is 12.1 Å². The number of rotatable bonds is 8.